The summed E-state index contributed by atoms with van der Waals surface area (Å²) in [4.78, 5) is 17.4. The zero-order valence-electron chi connectivity index (χ0n) is 12.9. The maximum Gasteiger partial charge on any atom is 0.262 e. The SMILES string of the molecule is O=C(c1ccccc1)n1cc(C2CCNCC2)c2ncccc21. The fourth-order valence-corrected chi connectivity index (χ4v) is 3.40. The Kier molecular flexibility index (Phi) is 3.67. The highest BCUT2D eigenvalue weighted by Crippen LogP contribution is 2.32. The molecule has 1 aliphatic rings. The average molecular weight is 305 g/mol. The molecule has 0 saturated carbocycles. The number of carbonyl (C=O) groups is 1. The van der Waals surface area contributed by atoms with Gasteiger partial charge in [-0.05, 0) is 61.7 Å². The van der Waals surface area contributed by atoms with Gasteiger partial charge in [-0.25, -0.2) is 0 Å². The molecule has 1 saturated heterocycles. The highest BCUT2D eigenvalue weighted by atomic mass is 16.2. The number of aromatic nitrogens is 2. The standard InChI is InChI=1S/C19H19N3O/c23-19(15-5-2-1-3-6-15)22-13-16(14-8-11-20-12-9-14)18-17(22)7-4-10-21-18/h1-7,10,13-14,20H,8-9,11-12H2. The lowest BCUT2D eigenvalue weighted by atomic mass is 9.91. The predicted molar refractivity (Wildman–Crippen MR) is 90.7 cm³/mol. The van der Waals surface area contributed by atoms with Crippen LogP contribution in [0.1, 0.15) is 34.7 Å². The van der Waals surface area contributed by atoms with Gasteiger partial charge in [0, 0.05) is 18.0 Å². The number of hydrogen-bond acceptors (Lipinski definition) is 3. The molecule has 0 atom stereocenters. The topological polar surface area (TPSA) is 46.9 Å². The van der Waals surface area contributed by atoms with Gasteiger partial charge >= 0.3 is 0 Å². The number of hydrogen-bond donors (Lipinski definition) is 1. The third-order valence-corrected chi connectivity index (χ3v) is 4.61. The van der Waals surface area contributed by atoms with E-state index >= 15 is 0 Å². The van der Waals surface area contributed by atoms with E-state index in [2.05, 4.69) is 10.3 Å². The van der Waals surface area contributed by atoms with Crippen LogP contribution in [0.4, 0.5) is 0 Å². The Morgan fingerprint density at radius 2 is 1.87 bits per heavy atom. The quantitative estimate of drug-likeness (QED) is 0.791. The van der Waals surface area contributed by atoms with Crippen LogP contribution in [0, 0.1) is 0 Å². The molecule has 4 nitrogen and oxygen atoms in total. The third-order valence-electron chi connectivity index (χ3n) is 4.61. The van der Waals surface area contributed by atoms with Crippen molar-refractivity contribution in [2.75, 3.05) is 13.1 Å². The minimum atomic E-state index is 0.00350. The number of nitrogens with zero attached hydrogens (tertiary/aromatic N) is 2. The van der Waals surface area contributed by atoms with Crippen LogP contribution in [0.2, 0.25) is 0 Å². The molecule has 0 spiro atoms. The van der Waals surface area contributed by atoms with E-state index in [-0.39, 0.29) is 5.91 Å². The molecule has 0 bridgehead atoms. The molecule has 1 aromatic carbocycles. The van der Waals surface area contributed by atoms with Crippen LogP contribution in [0.15, 0.2) is 54.9 Å². The molecule has 3 aromatic rings. The van der Waals surface area contributed by atoms with Gasteiger partial charge in [0.1, 0.15) is 0 Å². The summed E-state index contributed by atoms with van der Waals surface area (Å²) >= 11 is 0. The van der Waals surface area contributed by atoms with Gasteiger partial charge in [0.25, 0.3) is 5.91 Å². The molecule has 0 unspecified atom stereocenters. The number of rotatable bonds is 2. The highest BCUT2D eigenvalue weighted by Gasteiger charge is 2.23. The van der Waals surface area contributed by atoms with Crippen molar-refractivity contribution in [2.45, 2.75) is 18.8 Å². The molecule has 1 aliphatic heterocycles. The van der Waals surface area contributed by atoms with E-state index in [1.54, 1.807) is 4.57 Å². The molecule has 0 aliphatic carbocycles. The summed E-state index contributed by atoms with van der Waals surface area (Å²) in [6.07, 6.45) is 6.00. The largest absolute Gasteiger partial charge is 0.317 e. The van der Waals surface area contributed by atoms with E-state index < -0.39 is 0 Å². The maximum absolute atomic E-state index is 12.9. The molecular weight excluding hydrogens is 286 g/mol. The zero-order chi connectivity index (χ0) is 15.6. The van der Waals surface area contributed by atoms with Crippen molar-refractivity contribution in [2.24, 2.45) is 0 Å². The molecular formula is C19H19N3O. The highest BCUT2D eigenvalue weighted by molar-refractivity contribution is 6.02. The van der Waals surface area contributed by atoms with Gasteiger partial charge in [-0.3, -0.25) is 14.3 Å². The van der Waals surface area contributed by atoms with Gasteiger partial charge in [0.15, 0.2) is 0 Å². The Balaban J connectivity index is 1.82. The van der Waals surface area contributed by atoms with Gasteiger partial charge in [-0.2, -0.15) is 0 Å². The van der Waals surface area contributed by atoms with Crippen LogP contribution >= 0.6 is 0 Å². The van der Waals surface area contributed by atoms with Gasteiger partial charge in [0.2, 0.25) is 0 Å². The lowest BCUT2D eigenvalue weighted by molar-refractivity contribution is 0.0964. The van der Waals surface area contributed by atoms with Crippen LogP contribution in [-0.4, -0.2) is 28.5 Å². The summed E-state index contributed by atoms with van der Waals surface area (Å²) in [6.45, 7) is 2.05. The number of benzene rings is 1. The van der Waals surface area contributed by atoms with Crippen LogP contribution in [-0.2, 0) is 0 Å². The van der Waals surface area contributed by atoms with Crippen molar-refractivity contribution in [3.8, 4) is 0 Å². The maximum atomic E-state index is 12.9. The Bertz CT molecular complexity index is 832. The van der Waals surface area contributed by atoms with Gasteiger partial charge < -0.3 is 5.32 Å². The van der Waals surface area contributed by atoms with E-state index in [0.29, 0.717) is 11.5 Å². The molecule has 0 radical (unpaired) electrons. The number of piperidine rings is 1. The number of nitrogens with one attached hydrogen (secondary N) is 1. The first-order chi connectivity index (χ1) is 11.3. The second-order valence-corrected chi connectivity index (χ2v) is 6.02. The molecule has 0 amide bonds. The normalized spacial score (nSPS) is 15.8. The van der Waals surface area contributed by atoms with Gasteiger partial charge in [-0.1, -0.05) is 18.2 Å². The number of carbonyl (C=O) groups excluding carboxylic acids is 1. The first-order valence-corrected chi connectivity index (χ1v) is 8.11. The van der Waals surface area contributed by atoms with Crippen LogP contribution in [0.25, 0.3) is 11.0 Å². The Morgan fingerprint density at radius 3 is 2.65 bits per heavy atom. The molecule has 4 rings (SSSR count). The van der Waals surface area contributed by atoms with E-state index in [9.17, 15) is 4.79 Å². The summed E-state index contributed by atoms with van der Waals surface area (Å²) in [7, 11) is 0. The van der Waals surface area contributed by atoms with Gasteiger partial charge in [-0.15, -0.1) is 0 Å². The smallest absolute Gasteiger partial charge is 0.262 e. The van der Waals surface area contributed by atoms with Crippen molar-refractivity contribution < 1.29 is 4.79 Å². The van der Waals surface area contributed by atoms with Crippen LogP contribution < -0.4 is 5.32 Å². The second kappa shape index (κ2) is 5.97. The van der Waals surface area contributed by atoms with Crippen LogP contribution in [0.5, 0.6) is 0 Å². The molecule has 1 N–H and O–H groups in total. The summed E-state index contributed by atoms with van der Waals surface area (Å²) < 4.78 is 1.76. The molecule has 116 valence electrons. The first-order valence-electron chi connectivity index (χ1n) is 8.11. The summed E-state index contributed by atoms with van der Waals surface area (Å²) in [5.41, 5.74) is 3.76. The summed E-state index contributed by atoms with van der Waals surface area (Å²) in [6, 6.07) is 13.3. The number of pyridine rings is 1. The van der Waals surface area contributed by atoms with E-state index in [1.807, 2.05) is 54.9 Å². The Labute approximate surface area is 135 Å². The van der Waals surface area contributed by atoms with Crippen molar-refractivity contribution in [1.82, 2.24) is 14.9 Å². The average Bonchev–Trinajstić information content (AvgIpc) is 3.02. The third kappa shape index (κ3) is 2.55. The molecule has 2 aromatic heterocycles. The van der Waals surface area contributed by atoms with Crippen molar-refractivity contribution in [1.29, 1.82) is 0 Å². The summed E-state index contributed by atoms with van der Waals surface area (Å²) in [5, 5.41) is 3.39. The summed E-state index contributed by atoms with van der Waals surface area (Å²) in [5.74, 6) is 0.474. The monoisotopic (exact) mass is 305 g/mol. The van der Waals surface area contributed by atoms with E-state index in [0.717, 1.165) is 37.0 Å². The first kappa shape index (κ1) is 14.2. The minimum absolute atomic E-state index is 0.00350. The van der Waals surface area contributed by atoms with Crippen molar-refractivity contribution >= 4 is 16.9 Å². The molecule has 23 heavy (non-hydrogen) atoms. The lowest BCUT2D eigenvalue weighted by Gasteiger charge is -2.21. The molecule has 4 heteroatoms. The Morgan fingerprint density at radius 1 is 1.09 bits per heavy atom. The lowest BCUT2D eigenvalue weighted by Crippen LogP contribution is -2.26. The minimum Gasteiger partial charge on any atom is -0.317 e. The zero-order valence-corrected chi connectivity index (χ0v) is 12.9. The Hall–Kier alpha value is -2.46. The molecule has 1 fully saturated rings. The van der Waals surface area contributed by atoms with Crippen molar-refractivity contribution in [3.63, 3.8) is 0 Å². The van der Waals surface area contributed by atoms with E-state index in [4.69, 9.17) is 0 Å². The van der Waals surface area contributed by atoms with Crippen molar-refractivity contribution in [3.05, 3.63) is 66.0 Å². The van der Waals surface area contributed by atoms with E-state index in [1.165, 1.54) is 5.56 Å². The predicted octanol–water partition coefficient (Wildman–Crippen LogP) is 3.19. The fraction of sp³-hybridized carbons (Fsp3) is 0.263. The molecule has 3 heterocycles. The number of fused-ring (bicyclic) bond motifs is 1. The van der Waals surface area contributed by atoms with Gasteiger partial charge in [0.05, 0.1) is 11.0 Å². The second-order valence-electron chi connectivity index (χ2n) is 6.02. The fourth-order valence-electron chi connectivity index (χ4n) is 3.40. The van der Waals surface area contributed by atoms with Crippen LogP contribution in [0.3, 0.4) is 0 Å².